The number of nitrogens with zero attached hydrogens (tertiary/aromatic N) is 3. The molecule has 1 aromatic heterocycles. The normalized spacial score (nSPS) is 19.5. The largest absolute Gasteiger partial charge is 0.485 e. The molecule has 3 rings (SSSR count). The molecule has 0 aliphatic carbocycles. The summed E-state index contributed by atoms with van der Waals surface area (Å²) in [5, 5.41) is 29.6. The molecule has 2 unspecified atom stereocenters. The third-order valence-electron chi connectivity index (χ3n) is 4.95. The van der Waals surface area contributed by atoms with Gasteiger partial charge in [-0.2, -0.15) is 5.26 Å². The van der Waals surface area contributed by atoms with Crippen molar-refractivity contribution in [3.63, 3.8) is 0 Å². The fourth-order valence-electron chi connectivity index (χ4n) is 3.47. The van der Waals surface area contributed by atoms with E-state index in [1.807, 2.05) is 0 Å². The van der Waals surface area contributed by atoms with Gasteiger partial charge in [0.05, 0.1) is 24.3 Å². The molecule has 2 aromatic rings. The van der Waals surface area contributed by atoms with E-state index >= 15 is 0 Å². The number of hydrogen-bond donors (Lipinski definition) is 1. The summed E-state index contributed by atoms with van der Waals surface area (Å²) in [4.78, 5) is 27.2. The van der Waals surface area contributed by atoms with Crippen LogP contribution in [-0.4, -0.2) is 33.1 Å². The molecule has 0 fully saturated rings. The van der Waals surface area contributed by atoms with E-state index in [4.69, 9.17) is 4.74 Å². The molecule has 29 heavy (non-hydrogen) atoms. The number of pyridine rings is 1. The Balaban J connectivity index is 2.00. The first-order valence-corrected chi connectivity index (χ1v) is 9.12. The fraction of sp³-hybridized carbons (Fsp3) is 0.400. The van der Waals surface area contributed by atoms with Crippen molar-refractivity contribution in [3.8, 4) is 11.8 Å². The molecule has 0 radical (unpaired) electrons. The van der Waals surface area contributed by atoms with Gasteiger partial charge in [-0.3, -0.25) is 4.79 Å². The summed E-state index contributed by atoms with van der Waals surface area (Å²) < 4.78 is 7.33. The minimum atomic E-state index is -1.05. The van der Waals surface area contributed by atoms with Crippen LogP contribution >= 0.6 is 0 Å². The van der Waals surface area contributed by atoms with Crippen LogP contribution in [0.5, 0.6) is 5.75 Å². The lowest BCUT2D eigenvalue weighted by molar-refractivity contribution is -0.757. The summed E-state index contributed by atoms with van der Waals surface area (Å²) in [6.07, 6.45) is 1.44. The van der Waals surface area contributed by atoms with Gasteiger partial charge in [-0.1, -0.05) is 6.07 Å². The van der Waals surface area contributed by atoms with E-state index < -0.39 is 22.8 Å². The van der Waals surface area contributed by atoms with Crippen LogP contribution in [0.1, 0.15) is 43.0 Å². The van der Waals surface area contributed by atoms with Crippen molar-refractivity contribution in [1.82, 2.24) is 4.57 Å². The molecule has 0 spiro atoms. The van der Waals surface area contributed by atoms with Crippen LogP contribution < -0.4 is 10.3 Å². The molecular formula is C20H21N3O6. The van der Waals surface area contributed by atoms with Crippen molar-refractivity contribution in [1.29, 1.82) is 5.26 Å². The van der Waals surface area contributed by atoms with Crippen molar-refractivity contribution in [3.05, 3.63) is 73.7 Å². The number of fused-ring (bicyclic) bond motifs is 1. The Kier molecular flexibility index (Phi) is 5.57. The first kappa shape index (κ1) is 20.4. The maximum Gasteiger partial charge on any atom is 0.294 e. The summed E-state index contributed by atoms with van der Waals surface area (Å²) in [6, 6.07) is 9.26. The Bertz CT molecular complexity index is 1020. The second-order valence-corrected chi connectivity index (χ2v) is 7.40. The lowest BCUT2D eigenvalue weighted by Gasteiger charge is -2.42. The Morgan fingerprint density at radius 3 is 2.83 bits per heavy atom. The van der Waals surface area contributed by atoms with Gasteiger partial charge in [0.25, 0.3) is 10.6 Å². The molecule has 1 N–H and O–H groups in total. The van der Waals surface area contributed by atoms with Crippen LogP contribution in [0.3, 0.4) is 0 Å². The van der Waals surface area contributed by atoms with Crippen LogP contribution in [0.15, 0.2) is 41.3 Å². The molecule has 1 aromatic carbocycles. The second-order valence-electron chi connectivity index (χ2n) is 7.40. The molecule has 1 aliphatic heterocycles. The minimum absolute atomic E-state index is 0.0482. The van der Waals surface area contributed by atoms with E-state index in [0.29, 0.717) is 29.7 Å². The standard InChI is InChI=1S/C20H21N3O6/c1-20(2)19(25)18(15-10-14(11-21)5-7-16(15)29-20)22-12-13(6-8-17(22)24)4-3-9-28-23(26)27/h5-8,10,12,18-19,25H,3-4,9H2,1-2H3. The Morgan fingerprint density at radius 1 is 1.38 bits per heavy atom. The lowest BCUT2D eigenvalue weighted by Crippen LogP contribution is -2.52. The second kappa shape index (κ2) is 7.93. The Labute approximate surface area is 166 Å². The molecule has 152 valence electrons. The van der Waals surface area contributed by atoms with Gasteiger partial charge >= 0.3 is 0 Å². The van der Waals surface area contributed by atoms with Crippen LogP contribution in [0, 0.1) is 21.4 Å². The molecule has 0 bridgehead atoms. The van der Waals surface area contributed by atoms with Gasteiger partial charge in [0.1, 0.15) is 17.5 Å². The summed E-state index contributed by atoms with van der Waals surface area (Å²) in [7, 11) is 0. The first-order chi connectivity index (χ1) is 13.7. The summed E-state index contributed by atoms with van der Waals surface area (Å²) in [5.41, 5.74) is 0.439. The smallest absolute Gasteiger partial charge is 0.294 e. The van der Waals surface area contributed by atoms with Gasteiger partial charge in [-0.25, -0.2) is 0 Å². The number of aliphatic hydroxyl groups excluding tert-OH is 1. The molecular weight excluding hydrogens is 378 g/mol. The van der Waals surface area contributed by atoms with E-state index in [2.05, 4.69) is 10.9 Å². The number of nitriles is 1. The van der Waals surface area contributed by atoms with E-state index in [9.17, 15) is 25.3 Å². The highest BCUT2D eigenvalue weighted by Gasteiger charge is 2.44. The zero-order chi connectivity index (χ0) is 21.2. The van der Waals surface area contributed by atoms with Crippen LogP contribution in [0.2, 0.25) is 0 Å². The average Bonchev–Trinajstić information content (AvgIpc) is 2.67. The van der Waals surface area contributed by atoms with Gasteiger partial charge in [0.2, 0.25) is 0 Å². The number of ether oxygens (including phenoxy) is 1. The van der Waals surface area contributed by atoms with E-state index in [0.717, 1.165) is 5.56 Å². The predicted octanol–water partition coefficient (Wildman–Crippen LogP) is 1.98. The highest BCUT2D eigenvalue weighted by atomic mass is 16.9. The van der Waals surface area contributed by atoms with Crippen molar-refractivity contribution in [2.75, 3.05) is 6.61 Å². The summed E-state index contributed by atoms with van der Waals surface area (Å²) in [6.45, 7) is 3.42. The van der Waals surface area contributed by atoms with Crippen LogP contribution in [-0.2, 0) is 11.3 Å². The number of hydrogen-bond acceptors (Lipinski definition) is 7. The molecule has 9 heteroatoms. The molecule has 0 saturated heterocycles. The SMILES string of the molecule is CC1(C)Oc2ccc(C#N)cc2C(n2cc(CCCO[N+](=O)[O-])ccc2=O)C1O. The van der Waals surface area contributed by atoms with E-state index in [-0.39, 0.29) is 12.2 Å². The van der Waals surface area contributed by atoms with E-state index in [1.165, 1.54) is 10.6 Å². The molecule has 2 heterocycles. The maximum absolute atomic E-state index is 12.6. The highest BCUT2D eigenvalue weighted by Crippen LogP contribution is 2.41. The average molecular weight is 399 g/mol. The number of rotatable bonds is 6. The molecule has 9 nitrogen and oxygen atoms in total. The van der Waals surface area contributed by atoms with Gasteiger partial charge in [0.15, 0.2) is 0 Å². The predicted molar refractivity (Wildman–Crippen MR) is 102 cm³/mol. The van der Waals surface area contributed by atoms with Crippen molar-refractivity contribution in [2.45, 2.75) is 44.4 Å². The number of aliphatic hydroxyl groups is 1. The fourth-order valence-corrected chi connectivity index (χ4v) is 3.47. The van der Waals surface area contributed by atoms with Crippen LogP contribution in [0.25, 0.3) is 0 Å². The van der Waals surface area contributed by atoms with Crippen LogP contribution in [0.4, 0.5) is 0 Å². The Morgan fingerprint density at radius 2 is 2.14 bits per heavy atom. The monoisotopic (exact) mass is 399 g/mol. The highest BCUT2D eigenvalue weighted by molar-refractivity contribution is 5.46. The van der Waals surface area contributed by atoms with Crippen molar-refractivity contribution < 1.29 is 19.8 Å². The molecule has 0 saturated carbocycles. The summed E-state index contributed by atoms with van der Waals surface area (Å²) >= 11 is 0. The number of benzene rings is 1. The number of aryl methyl sites for hydroxylation is 1. The quantitative estimate of drug-likeness (QED) is 0.447. The van der Waals surface area contributed by atoms with Gasteiger partial charge in [-0.15, -0.1) is 10.1 Å². The topological polar surface area (TPSA) is 128 Å². The molecule has 2 atom stereocenters. The van der Waals surface area contributed by atoms with E-state index in [1.54, 1.807) is 44.3 Å². The summed E-state index contributed by atoms with van der Waals surface area (Å²) in [5.74, 6) is 0.501. The zero-order valence-corrected chi connectivity index (χ0v) is 16.1. The minimum Gasteiger partial charge on any atom is -0.485 e. The maximum atomic E-state index is 12.6. The lowest BCUT2D eigenvalue weighted by atomic mass is 9.85. The van der Waals surface area contributed by atoms with Gasteiger partial charge in [-0.05, 0) is 50.5 Å². The van der Waals surface area contributed by atoms with Gasteiger partial charge in [0, 0.05) is 17.8 Å². The van der Waals surface area contributed by atoms with Gasteiger partial charge < -0.3 is 19.2 Å². The third-order valence-corrected chi connectivity index (χ3v) is 4.95. The number of aromatic nitrogens is 1. The van der Waals surface area contributed by atoms with Crippen molar-refractivity contribution >= 4 is 0 Å². The molecule has 1 aliphatic rings. The Hall–Kier alpha value is -3.38. The zero-order valence-electron chi connectivity index (χ0n) is 16.1. The third kappa shape index (κ3) is 4.22. The van der Waals surface area contributed by atoms with Crippen molar-refractivity contribution in [2.24, 2.45) is 0 Å². The first-order valence-electron chi connectivity index (χ1n) is 9.12. The molecule has 0 amide bonds.